The Hall–Kier alpha value is -2.48. The van der Waals surface area contributed by atoms with Gasteiger partial charge in [0, 0.05) is 13.0 Å². The highest BCUT2D eigenvalue weighted by molar-refractivity contribution is 7.47. The van der Waals surface area contributed by atoms with Crippen LogP contribution in [0.15, 0.2) is 85.1 Å². The van der Waals surface area contributed by atoms with E-state index in [4.69, 9.17) is 18.5 Å². The van der Waals surface area contributed by atoms with E-state index in [0.717, 1.165) is 83.5 Å². The van der Waals surface area contributed by atoms with Crippen molar-refractivity contribution in [2.24, 2.45) is 0 Å². The Bertz CT molecular complexity index is 1340. The standard InChI is InChI=1S/C49H83O12P/c1-3-5-7-9-11-13-15-17-19-20-21-22-23-25-27-29-31-33-35-37-39-58-40-42(41-59-62(56,57)61-49-47(54)45(52)44(51)46(53)48(49)55)60-43(50)38-36-34-32-30-28-26-24-18-16-14-12-10-8-6-4-2/h6,8,11-14,17-19,21-22,24,28,30,42,44-49,51-55H,3-5,7,9-10,15-16,20,23,25-27,29,31-41H2,1-2H3,(H,56,57)/b8-6-,13-11-,14-12-,19-17-,22-21-,24-18-,30-28-. The first-order valence-corrected chi connectivity index (χ1v) is 24.9. The number of allylic oxidation sites excluding steroid dienone is 14. The van der Waals surface area contributed by atoms with Crippen molar-refractivity contribution in [2.75, 3.05) is 19.8 Å². The molecule has 0 saturated heterocycles. The lowest BCUT2D eigenvalue weighted by molar-refractivity contribution is -0.220. The van der Waals surface area contributed by atoms with Crippen LogP contribution >= 0.6 is 7.82 Å². The molecule has 13 heteroatoms. The average molecular weight is 895 g/mol. The number of aliphatic hydroxyl groups excluding tert-OH is 5. The predicted octanol–water partition coefficient (Wildman–Crippen LogP) is 9.75. The molecule has 0 aromatic rings. The zero-order valence-electron chi connectivity index (χ0n) is 37.9. The summed E-state index contributed by atoms with van der Waals surface area (Å²) in [4.78, 5) is 23.1. The van der Waals surface area contributed by atoms with Crippen LogP contribution in [-0.2, 0) is 27.9 Å². The Balaban J connectivity index is 2.42. The Morgan fingerprint density at radius 3 is 1.45 bits per heavy atom. The highest BCUT2D eigenvalue weighted by Gasteiger charge is 2.51. The molecule has 12 nitrogen and oxygen atoms in total. The molecule has 1 rings (SSSR count). The van der Waals surface area contributed by atoms with Gasteiger partial charge in [-0.1, -0.05) is 144 Å². The second kappa shape index (κ2) is 38.9. The molecule has 6 atom stereocenters. The lowest BCUT2D eigenvalue weighted by atomic mass is 9.85. The molecule has 1 saturated carbocycles. The fraction of sp³-hybridized carbons (Fsp3) is 0.694. The first-order chi connectivity index (χ1) is 30.0. The molecule has 1 aliphatic carbocycles. The average Bonchev–Trinajstić information content (AvgIpc) is 3.26. The number of esters is 1. The number of aliphatic hydroxyl groups is 5. The second-order valence-corrected chi connectivity index (χ2v) is 17.3. The number of ether oxygens (including phenoxy) is 2. The molecular formula is C49H83O12P. The van der Waals surface area contributed by atoms with E-state index in [2.05, 4.69) is 98.9 Å². The minimum absolute atomic E-state index is 0.106. The minimum atomic E-state index is -5.04. The number of hydrogen-bond donors (Lipinski definition) is 6. The van der Waals surface area contributed by atoms with Gasteiger partial charge in [0.2, 0.25) is 0 Å². The third kappa shape index (κ3) is 30.6. The van der Waals surface area contributed by atoms with Gasteiger partial charge in [0.15, 0.2) is 0 Å². The number of phosphoric acid groups is 1. The molecule has 0 heterocycles. The SMILES string of the molecule is CC/C=C\C/C=C\C/C=C\C/C=C\CCCCC(=O)OC(COCCCCCCCCC/C=C\C/C=C\C/C=C\CCCCC)COP(=O)(O)OC1C(O)C(O)C(O)C(O)C1O. The molecule has 356 valence electrons. The number of phosphoric ester groups is 1. The summed E-state index contributed by atoms with van der Waals surface area (Å²) in [5, 5.41) is 50.2. The van der Waals surface area contributed by atoms with E-state index in [0.29, 0.717) is 13.0 Å². The molecule has 6 N–H and O–H groups in total. The van der Waals surface area contributed by atoms with Gasteiger partial charge in [0.1, 0.15) is 42.7 Å². The monoisotopic (exact) mass is 895 g/mol. The van der Waals surface area contributed by atoms with Crippen LogP contribution in [0.1, 0.15) is 155 Å². The van der Waals surface area contributed by atoms with Crippen LogP contribution in [0.3, 0.4) is 0 Å². The van der Waals surface area contributed by atoms with Crippen LogP contribution in [0.25, 0.3) is 0 Å². The molecule has 0 aromatic carbocycles. The maximum atomic E-state index is 12.8. The number of carbonyl (C=O) groups excluding carboxylic acids is 1. The largest absolute Gasteiger partial charge is 0.472 e. The van der Waals surface area contributed by atoms with Gasteiger partial charge in [-0.3, -0.25) is 13.8 Å². The van der Waals surface area contributed by atoms with Crippen molar-refractivity contribution < 1.29 is 58.3 Å². The van der Waals surface area contributed by atoms with Crippen molar-refractivity contribution in [1.82, 2.24) is 0 Å². The van der Waals surface area contributed by atoms with Crippen molar-refractivity contribution in [3.8, 4) is 0 Å². The molecule has 1 fully saturated rings. The third-order valence-electron chi connectivity index (χ3n) is 10.3. The molecule has 62 heavy (non-hydrogen) atoms. The minimum Gasteiger partial charge on any atom is -0.457 e. The quantitative estimate of drug-likeness (QED) is 0.0149. The Morgan fingerprint density at radius 1 is 0.532 bits per heavy atom. The summed E-state index contributed by atoms with van der Waals surface area (Å²) in [5.41, 5.74) is 0. The molecule has 1 aliphatic rings. The summed E-state index contributed by atoms with van der Waals surface area (Å²) >= 11 is 0. The van der Waals surface area contributed by atoms with Crippen molar-refractivity contribution in [3.63, 3.8) is 0 Å². The summed E-state index contributed by atoms with van der Waals surface area (Å²) < 4.78 is 34.1. The normalized spacial score (nSPS) is 22.8. The van der Waals surface area contributed by atoms with E-state index in [1.807, 2.05) is 0 Å². The third-order valence-corrected chi connectivity index (χ3v) is 11.2. The lowest BCUT2D eigenvalue weighted by Crippen LogP contribution is -2.64. The van der Waals surface area contributed by atoms with Crippen LogP contribution in [0, 0.1) is 0 Å². The number of unbranched alkanes of at least 4 members (excludes halogenated alkanes) is 12. The summed E-state index contributed by atoms with van der Waals surface area (Å²) in [6, 6.07) is 0. The van der Waals surface area contributed by atoms with Gasteiger partial charge in [-0.15, -0.1) is 0 Å². The number of hydrogen-bond acceptors (Lipinski definition) is 11. The Kier molecular flexibility index (Phi) is 36.1. The van der Waals surface area contributed by atoms with E-state index < -0.39 is 63.1 Å². The molecule has 0 amide bonds. The topological polar surface area (TPSA) is 192 Å². The van der Waals surface area contributed by atoms with E-state index in [-0.39, 0.29) is 13.0 Å². The first kappa shape index (κ1) is 57.5. The van der Waals surface area contributed by atoms with Gasteiger partial charge in [-0.25, -0.2) is 4.57 Å². The lowest BCUT2D eigenvalue weighted by Gasteiger charge is -2.41. The van der Waals surface area contributed by atoms with E-state index in [1.165, 1.54) is 44.9 Å². The van der Waals surface area contributed by atoms with E-state index >= 15 is 0 Å². The van der Waals surface area contributed by atoms with Crippen LogP contribution in [0.4, 0.5) is 0 Å². The summed E-state index contributed by atoms with van der Waals surface area (Å²) in [7, 11) is -5.04. The highest BCUT2D eigenvalue weighted by Crippen LogP contribution is 2.47. The predicted molar refractivity (Wildman–Crippen MR) is 248 cm³/mol. The molecule has 0 radical (unpaired) electrons. The van der Waals surface area contributed by atoms with Crippen molar-refractivity contribution in [1.29, 1.82) is 0 Å². The van der Waals surface area contributed by atoms with Gasteiger partial charge < -0.3 is 39.9 Å². The summed E-state index contributed by atoms with van der Waals surface area (Å²) in [5.74, 6) is -0.525. The van der Waals surface area contributed by atoms with Gasteiger partial charge in [-0.2, -0.15) is 0 Å². The summed E-state index contributed by atoms with van der Waals surface area (Å²) in [6.45, 7) is 4.03. The second-order valence-electron chi connectivity index (χ2n) is 15.9. The van der Waals surface area contributed by atoms with Gasteiger partial charge in [-0.05, 0) is 89.9 Å². The molecule has 0 bridgehead atoms. The van der Waals surface area contributed by atoms with Crippen LogP contribution in [0.5, 0.6) is 0 Å². The van der Waals surface area contributed by atoms with Crippen molar-refractivity contribution >= 4 is 13.8 Å². The zero-order chi connectivity index (χ0) is 45.5. The van der Waals surface area contributed by atoms with Crippen molar-refractivity contribution in [2.45, 2.75) is 198 Å². The fourth-order valence-electron chi connectivity index (χ4n) is 6.53. The maximum Gasteiger partial charge on any atom is 0.472 e. The van der Waals surface area contributed by atoms with Crippen LogP contribution in [0.2, 0.25) is 0 Å². The Morgan fingerprint density at radius 2 is 0.952 bits per heavy atom. The maximum absolute atomic E-state index is 12.8. The highest BCUT2D eigenvalue weighted by atomic mass is 31.2. The number of rotatable bonds is 38. The zero-order valence-corrected chi connectivity index (χ0v) is 38.8. The first-order valence-electron chi connectivity index (χ1n) is 23.4. The Labute approximate surface area is 373 Å². The van der Waals surface area contributed by atoms with Gasteiger partial charge in [0.05, 0.1) is 13.2 Å². The smallest absolute Gasteiger partial charge is 0.457 e. The van der Waals surface area contributed by atoms with Gasteiger partial charge >= 0.3 is 13.8 Å². The van der Waals surface area contributed by atoms with Crippen LogP contribution < -0.4 is 0 Å². The molecule has 0 spiro atoms. The molecule has 0 aliphatic heterocycles. The molecular weight excluding hydrogens is 812 g/mol. The number of carbonyl (C=O) groups is 1. The van der Waals surface area contributed by atoms with Crippen molar-refractivity contribution in [3.05, 3.63) is 85.1 Å². The molecule has 0 aromatic heterocycles. The summed E-state index contributed by atoms with van der Waals surface area (Å²) in [6.07, 6.45) is 39.4. The van der Waals surface area contributed by atoms with Crippen LogP contribution in [-0.4, -0.2) is 98.9 Å². The van der Waals surface area contributed by atoms with E-state index in [1.54, 1.807) is 0 Å². The van der Waals surface area contributed by atoms with Gasteiger partial charge in [0.25, 0.3) is 0 Å². The molecule has 6 unspecified atom stereocenters. The fourth-order valence-corrected chi connectivity index (χ4v) is 7.50. The van der Waals surface area contributed by atoms with E-state index in [9.17, 15) is 39.8 Å².